The smallest absolute Gasteiger partial charge is 0.672 e. The number of hydrogen-bond donors (Lipinski definition) is 0. The zero-order valence-corrected chi connectivity index (χ0v) is 29.6. The second kappa shape index (κ2) is 76.5. The van der Waals surface area contributed by atoms with Crippen LogP contribution in [0.1, 0.15) is 0 Å². The molecule has 0 saturated carbocycles. The Hall–Kier alpha value is 0.926. The van der Waals surface area contributed by atoms with Gasteiger partial charge in [-0.05, 0) is 0 Å². The van der Waals surface area contributed by atoms with Crippen molar-refractivity contribution in [1.82, 2.24) is 0 Å². The summed E-state index contributed by atoms with van der Waals surface area (Å²) in [6, 6.07) is 0. The molecule has 0 saturated heterocycles. The molecular formula is H4Ca2O23Si7V2. The molecule has 0 fully saturated rings. The molecule has 0 radical (unpaired) electrons. The van der Waals surface area contributed by atoms with Crippen LogP contribution in [0.2, 0.25) is 0 Å². The van der Waals surface area contributed by atoms with Crippen LogP contribution in [0, 0.1) is 0 Å². The van der Waals surface area contributed by atoms with Gasteiger partial charge in [0.05, 0.1) is 0 Å². The number of rotatable bonds is 0. The van der Waals surface area contributed by atoms with Crippen LogP contribution in [-0.2, 0) is 68.3 Å². The van der Waals surface area contributed by atoms with Crippen LogP contribution >= 0.6 is 0 Å². The van der Waals surface area contributed by atoms with Crippen molar-refractivity contribution >= 4 is 140 Å². The Morgan fingerprint density at radius 2 is 0.265 bits per heavy atom. The zero-order valence-electron chi connectivity index (χ0n) is 15.4. The van der Waals surface area contributed by atoms with E-state index < -0.39 is 64.2 Å². The van der Waals surface area contributed by atoms with Crippen LogP contribution in [-0.4, -0.2) is 151 Å². The van der Waals surface area contributed by atoms with E-state index in [4.69, 9.17) is 98.4 Å². The summed E-state index contributed by atoms with van der Waals surface area (Å²) in [6.07, 6.45) is 0. The van der Waals surface area contributed by atoms with Gasteiger partial charge in [0, 0.05) is 64.2 Å². The van der Waals surface area contributed by atoms with Crippen molar-refractivity contribution < 1.29 is 146 Å². The van der Waals surface area contributed by atoms with Gasteiger partial charge in [0.25, 0.3) is 0 Å². The van der Waals surface area contributed by atoms with Crippen LogP contribution in [0.25, 0.3) is 0 Å². The Morgan fingerprint density at radius 3 is 0.265 bits per heavy atom. The zero-order chi connectivity index (χ0) is 25.0. The molecule has 0 heterocycles. The van der Waals surface area contributed by atoms with E-state index in [1.54, 1.807) is 0 Å². The minimum absolute atomic E-state index is 0. The summed E-state index contributed by atoms with van der Waals surface area (Å²) < 4.78 is 59.6. The maximum absolute atomic E-state index is 8.52. The molecule has 23 nitrogen and oxygen atoms in total. The summed E-state index contributed by atoms with van der Waals surface area (Å²) in [6.45, 7) is 0. The van der Waals surface area contributed by atoms with E-state index in [0.29, 0.717) is 0 Å². The van der Waals surface area contributed by atoms with Gasteiger partial charge in [-0.2, -0.15) is 0 Å². The predicted molar refractivity (Wildman–Crippen MR) is 63.8 cm³/mol. The van der Waals surface area contributed by atoms with Gasteiger partial charge >= 0.3 is 113 Å². The summed E-state index contributed by atoms with van der Waals surface area (Å²) in [4.78, 5) is 119. The first-order valence-electron chi connectivity index (χ1n) is 4.29. The van der Waals surface area contributed by atoms with Gasteiger partial charge in [-0.1, -0.05) is 0 Å². The first-order valence-corrected chi connectivity index (χ1v) is 12.9. The van der Waals surface area contributed by atoms with E-state index in [1.807, 2.05) is 0 Å². The summed E-state index contributed by atoms with van der Waals surface area (Å²) in [5, 5.41) is 0. The molecule has 0 atom stereocenters. The fraction of sp³-hybridized carbons (Fsp3) is 0. The summed E-state index contributed by atoms with van der Waals surface area (Å²) >= 11 is 0. The number of hydrogen-bond acceptors (Lipinski definition) is 21. The van der Waals surface area contributed by atoms with E-state index in [-0.39, 0.29) is 124 Å². The van der Waals surface area contributed by atoms with Crippen molar-refractivity contribution in [1.29, 1.82) is 0 Å². The van der Waals surface area contributed by atoms with E-state index in [2.05, 4.69) is 0 Å². The third kappa shape index (κ3) is 39100. The first kappa shape index (κ1) is 83.6. The van der Waals surface area contributed by atoms with Crippen molar-refractivity contribution in [2.24, 2.45) is 0 Å². The fourth-order valence-electron chi connectivity index (χ4n) is 0. The summed E-state index contributed by atoms with van der Waals surface area (Å²) in [5.74, 6) is 0. The van der Waals surface area contributed by atoms with Gasteiger partial charge in [-0.25, -0.2) is 0 Å². The SMILES string of the molecule is O.O.O=[Si]([O-])[O-].O=[Si]([O-])[O-].O=[Si]([O-])[O-].O=[Si]([O-])[O-].O=[Si]([O-])[O-].O=[Si]([O-])[O-].O=[Si]([O-])[O-].[Ca+2].[Ca+2].[V+5].[V+5]. The predicted octanol–water partition coefficient (Wildman–Crippen LogP) is -22.6. The molecule has 0 aliphatic rings. The summed E-state index contributed by atoms with van der Waals surface area (Å²) in [7, 11) is -25.4. The third-order valence-corrected chi connectivity index (χ3v) is 0. The van der Waals surface area contributed by atoms with E-state index in [0.717, 1.165) is 0 Å². The topological polar surface area (TPSA) is 505 Å². The molecule has 0 unspecified atom stereocenters. The van der Waals surface area contributed by atoms with Crippen LogP contribution in [0.4, 0.5) is 0 Å². The molecule has 0 aromatic heterocycles. The van der Waals surface area contributed by atoms with Gasteiger partial charge < -0.3 is 109 Å². The van der Waals surface area contributed by atoms with Gasteiger partial charge in [-0.15, -0.1) is 0 Å². The molecule has 34 heteroatoms. The third-order valence-electron chi connectivity index (χ3n) is 0. The molecule has 184 valence electrons. The van der Waals surface area contributed by atoms with Gasteiger partial charge in [0.2, 0.25) is 0 Å². The van der Waals surface area contributed by atoms with Crippen molar-refractivity contribution in [2.75, 3.05) is 0 Å². The van der Waals surface area contributed by atoms with Gasteiger partial charge in [0.15, 0.2) is 0 Å². The Bertz CT molecular complexity index is 324. The van der Waals surface area contributed by atoms with Gasteiger partial charge in [-0.3, -0.25) is 0 Å². The molecule has 0 amide bonds. The van der Waals surface area contributed by atoms with Crippen molar-refractivity contribution in [2.45, 2.75) is 0 Å². The monoisotopic (exact) mass is 750 g/mol. The second-order valence-electron chi connectivity index (χ2n) is 1.75. The maximum atomic E-state index is 8.52. The van der Waals surface area contributed by atoms with E-state index in [1.165, 1.54) is 0 Å². The molecule has 0 bridgehead atoms. The molecule has 0 spiro atoms. The van der Waals surface area contributed by atoms with E-state index in [9.17, 15) is 0 Å². The van der Waals surface area contributed by atoms with Crippen LogP contribution < -0.4 is 67.1 Å². The van der Waals surface area contributed by atoms with Crippen LogP contribution in [0.5, 0.6) is 0 Å². The van der Waals surface area contributed by atoms with E-state index >= 15 is 0 Å². The van der Waals surface area contributed by atoms with Crippen LogP contribution in [0.15, 0.2) is 0 Å². The molecule has 0 aliphatic carbocycles. The molecule has 4 N–H and O–H groups in total. The standard InChI is InChI=1S/2Ca.7O3Si.2H2O.2V/c;;7*1-4(2)3;;;;/h;;;;;;;;;2*1H2;;/q2*+2;7*-2;;;2*+5. The average molecular weight is 751 g/mol. The Labute approximate surface area is 282 Å². The van der Waals surface area contributed by atoms with Crippen molar-refractivity contribution in [3.8, 4) is 0 Å². The van der Waals surface area contributed by atoms with Gasteiger partial charge in [0.1, 0.15) is 0 Å². The quantitative estimate of drug-likeness (QED) is 0.207. The largest absolute Gasteiger partial charge is 5.00 e. The second-order valence-corrected chi connectivity index (χ2v) is 5.25. The molecule has 0 rings (SSSR count). The molecule has 0 aromatic carbocycles. The van der Waals surface area contributed by atoms with Crippen molar-refractivity contribution in [3.05, 3.63) is 0 Å². The van der Waals surface area contributed by atoms with Crippen LogP contribution in [0.3, 0.4) is 0 Å². The minimum Gasteiger partial charge on any atom is -0.672 e. The Kier molecular flexibility index (Phi) is 188. The molecule has 34 heavy (non-hydrogen) atoms. The normalized spacial score (nSPS) is 4.94. The minimum atomic E-state index is -3.63. The maximum Gasteiger partial charge on any atom is 5.00 e. The Balaban J connectivity index is -0.0000000134. The molecule has 0 aromatic rings. The first-order chi connectivity index (χ1) is 12.1. The average Bonchev–Trinajstić information content (AvgIpc) is 2.20. The Morgan fingerprint density at radius 1 is 0.265 bits per heavy atom. The fourth-order valence-corrected chi connectivity index (χ4v) is 0. The summed E-state index contributed by atoms with van der Waals surface area (Å²) in [5.41, 5.74) is 0. The molecule has 0 aliphatic heterocycles. The van der Waals surface area contributed by atoms with Crippen molar-refractivity contribution in [3.63, 3.8) is 0 Å². The molecular weight excluding hydrogens is 747 g/mol.